The molecule has 0 N–H and O–H groups in total. The van der Waals surface area contributed by atoms with Gasteiger partial charge in [0.05, 0.1) is 0 Å². The van der Waals surface area contributed by atoms with Gasteiger partial charge in [-0.15, -0.1) is 0 Å². The lowest BCUT2D eigenvalue weighted by Crippen LogP contribution is -2.10. The fourth-order valence-corrected chi connectivity index (χ4v) is 2.47. The largest absolute Gasteiger partial charge is 0.294 e. The van der Waals surface area contributed by atoms with Gasteiger partial charge in [0.2, 0.25) is 0 Å². The molecule has 3 heteroatoms. The molecule has 0 saturated carbocycles. The van der Waals surface area contributed by atoms with Gasteiger partial charge in [0, 0.05) is 10.9 Å². The van der Waals surface area contributed by atoms with E-state index in [1.165, 1.54) is 6.07 Å². The highest BCUT2D eigenvalue weighted by molar-refractivity contribution is 9.10. The Balaban J connectivity index is 2.12. The Kier molecular flexibility index (Phi) is 4.11. The molecule has 90 valence electrons. The monoisotopic (exact) mass is 296 g/mol. The molecule has 2 rings (SSSR count). The normalized spacial score (nSPS) is 15.5. The van der Waals surface area contributed by atoms with E-state index in [0.717, 1.165) is 35.7 Å². The van der Waals surface area contributed by atoms with Gasteiger partial charge < -0.3 is 0 Å². The van der Waals surface area contributed by atoms with Crippen LogP contribution in [0.25, 0.3) is 0 Å². The predicted molar refractivity (Wildman–Crippen MR) is 69.4 cm³/mol. The molecule has 0 fully saturated rings. The Hall–Kier alpha value is -0.960. The Morgan fingerprint density at radius 2 is 2.18 bits per heavy atom. The van der Waals surface area contributed by atoms with Gasteiger partial charge in [0.15, 0.2) is 5.78 Å². The second-order valence-corrected chi connectivity index (χ2v) is 5.23. The minimum absolute atomic E-state index is 0.0571. The van der Waals surface area contributed by atoms with Crippen molar-refractivity contribution in [1.29, 1.82) is 0 Å². The number of benzene rings is 1. The lowest BCUT2D eigenvalue weighted by Gasteiger charge is -2.11. The van der Waals surface area contributed by atoms with Crippen LogP contribution in [0, 0.1) is 5.82 Å². The number of halogens is 2. The number of allylic oxidation sites excluding steroid dienone is 2. The third-order valence-electron chi connectivity index (χ3n) is 3.01. The molecule has 0 atom stereocenters. The Morgan fingerprint density at radius 1 is 1.35 bits per heavy atom. The Labute approximate surface area is 109 Å². The van der Waals surface area contributed by atoms with Crippen LogP contribution in [0.5, 0.6) is 0 Å². The van der Waals surface area contributed by atoms with E-state index < -0.39 is 0 Å². The summed E-state index contributed by atoms with van der Waals surface area (Å²) >= 11 is 3.29. The van der Waals surface area contributed by atoms with Crippen molar-refractivity contribution in [3.63, 3.8) is 0 Å². The highest BCUT2D eigenvalue weighted by atomic mass is 79.9. The van der Waals surface area contributed by atoms with E-state index >= 15 is 0 Å². The molecule has 0 bridgehead atoms. The van der Waals surface area contributed by atoms with E-state index in [9.17, 15) is 9.18 Å². The zero-order chi connectivity index (χ0) is 12.3. The first-order chi connectivity index (χ1) is 8.16. The van der Waals surface area contributed by atoms with Crippen molar-refractivity contribution in [2.45, 2.75) is 32.1 Å². The molecular formula is C14H14BrFO. The molecule has 0 radical (unpaired) electrons. The van der Waals surface area contributed by atoms with Crippen molar-refractivity contribution in [2.24, 2.45) is 0 Å². The Morgan fingerprint density at radius 3 is 2.88 bits per heavy atom. The van der Waals surface area contributed by atoms with Crippen molar-refractivity contribution in [3.05, 3.63) is 45.7 Å². The third-order valence-corrected chi connectivity index (χ3v) is 3.50. The quantitative estimate of drug-likeness (QED) is 0.817. The van der Waals surface area contributed by atoms with Gasteiger partial charge in [-0.1, -0.05) is 22.0 Å². The lowest BCUT2D eigenvalue weighted by molar-refractivity contribution is -0.115. The van der Waals surface area contributed by atoms with E-state index in [2.05, 4.69) is 15.9 Å². The number of rotatable bonds is 3. The number of Topliss-reactive ketones (excluding diaryl/α,β-unsaturated/α-hetero) is 1. The van der Waals surface area contributed by atoms with Gasteiger partial charge in [-0.2, -0.15) is 0 Å². The molecule has 0 unspecified atom stereocenters. The van der Waals surface area contributed by atoms with E-state index in [4.69, 9.17) is 0 Å². The van der Waals surface area contributed by atoms with Crippen LogP contribution >= 0.6 is 15.9 Å². The van der Waals surface area contributed by atoms with Crippen LogP contribution in [0.4, 0.5) is 4.39 Å². The summed E-state index contributed by atoms with van der Waals surface area (Å²) in [5, 5.41) is 0. The Bertz CT molecular complexity index is 465. The van der Waals surface area contributed by atoms with Gasteiger partial charge >= 0.3 is 0 Å². The zero-order valence-corrected chi connectivity index (χ0v) is 11.1. The van der Waals surface area contributed by atoms with Crippen LogP contribution in [0.15, 0.2) is 34.3 Å². The fraction of sp³-hybridized carbons (Fsp3) is 0.357. The van der Waals surface area contributed by atoms with Gasteiger partial charge in [-0.05, 0) is 55.0 Å². The summed E-state index contributed by atoms with van der Waals surface area (Å²) in [6.45, 7) is 0. The molecule has 1 nitrogen and oxygen atoms in total. The first-order valence-corrected chi connectivity index (χ1v) is 6.62. The van der Waals surface area contributed by atoms with E-state index in [-0.39, 0.29) is 18.0 Å². The summed E-state index contributed by atoms with van der Waals surface area (Å²) in [4.78, 5) is 12.0. The standard InChI is InChI=1S/C14H14BrFO/c15-12-6-7-13(16)11(8-12)9-14(17)10-4-2-1-3-5-10/h4,6-8H,1-3,5,9H2. The van der Waals surface area contributed by atoms with Gasteiger partial charge in [-0.3, -0.25) is 4.79 Å². The highest BCUT2D eigenvalue weighted by Gasteiger charge is 2.14. The second kappa shape index (κ2) is 5.58. The third kappa shape index (κ3) is 3.25. The van der Waals surface area contributed by atoms with E-state index in [0.29, 0.717) is 5.56 Å². The molecule has 1 aromatic rings. The number of ketones is 1. The first-order valence-electron chi connectivity index (χ1n) is 5.83. The van der Waals surface area contributed by atoms with E-state index in [1.807, 2.05) is 6.08 Å². The molecule has 0 spiro atoms. The van der Waals surface area contributed by atoms with Crippen LogP contribution in [-0.4, -0.2) is 5.78 Å². The SMILES string of the molecule is O=C(Cc1cc(Br)ccc1F)C1=CCCCC1. The van der Waals surface area contributed by atoms with Crippen molar-refractivity contribution >= 4 is 21.7 Å². The minimum Gasteiger partial charge on any atom is -0.294 e. The summed E-state index contributed by atoms with van der Waals surface area (Å²) < 4.78 is 14.3. The van der Waals surface area contributed by atoms with Gasteiger partial charge in [0.25, 0.3) is 0 Å². The van der Waals surface area contributed by atoms with Crippen LogP contribution in [0.1, 0.15) is 31.2 Å². The number of carbonyl (C=O) groups is 1. The van der Waals surface area contributed by atoms with Crippen LogP contribution in [-0.2, 0) is 11.2 Å². The van der Waals surface area contributed by atoms with Crippen molar-refractivity contribution in [2.75, 3.05) is 0 Å². The van der Waals surface area contributed by atoms with Gasteiger partial charge in [-0.25, -0.2) is 4.39 Å². The smallest absolute Gasteiger partial charge is 0.163 e. The summed E-state index contributed by atoms with van der Waals surface area (Å²) in [5.74, 6) is -0.250. The highest BCUT2D eigenvalue weighted by Crippen LogP contribution is 2.21. The molecular weight excluding hydrogens is 283 g/mol. The van der Waals surface area contributed by atoms with Crippen LogP contribution in [0.2, 0.25) is 0 Å². The van der Waals surface area contributed by atoms with Crippen molar-refractivity contribution < 1.29 is 9.18 Å². The van der Waals surface area contributed by atoms with Crippen LogP contribution < -0.4 is 0 Å². The molecule has 1 aromatic carbocycles. The molecule has 0 amide bonds. The number of hydrogen-bond acceptors (Lipinski definition) is 1. The first kappa shape index (κ1) is 12.5. The van der Waals surface area contributed by atoms with Crippen molar-refractivity contribution in [1.82, 2.24) is 0 Å². The maximum Gasteiger partial charge on any atom is 0.163 e. The van der Waals surface area contributed by atoms with E-state index in [1.54, 1.807) is 12.1 Å². The molecule has 1 aliphatic carbocycles. The molecule has 0 saturated heterocycles. The second-order valence-electron chi connectivity index (χ2n) is 4.31. The molecule has 0 heterocycles. The topological polar surface area (TPSA) is 17.1 Å². The molecule has 0 aromatic heterocycles. The molecule has 1 aliphatic rings. The summed E-state index contributed by atoms with van der Waals surface area (Å²) in [5.41, 5.74) is 1.34. The summed E-state index contributed by atoms with van der Waals surface area (Å²) in [6, 6.07) is 4.71. The zero-order valence-electron chi connectivity index (χ0n) is 9.51. The summed E-state index contributed by atoms with van der Waals surface area (Å²) in [7, 11) is 0. The number of carbonyl (C=O) groups excluding carboxylic acids is 1. The molecule has 17 heavy (non-hydrogen) atoms. The lowest BCUT2D eigenvalue weighted by atomic mass is 9.93. The van der Waals surface area contributed by atoms with Crippen molar-refractivity contribution in [3.8, 4) is 0 Å². The average Bonchev–Trinajstić information content (AvgIpc) is 2.35. The fourth-order valence-electron chi connectivity index (χ4n) is 2.06. The maximum atomic E-state index is 13.5. The minimum atomic E-state index is -0.307. The number of hydrogen-bond donors (Lipinski definition) is 0. The molecule has 0 aliphatic heterocycles. The predicted octanol–water partition coefficient (Wildman–Crippen LogP) is 4.20. The average molecular weight is 297 g/mol. The van der Waals surface area contributed by atoms with Crippen LogP contribution in [0.3, 0.4) is 0 Å². The van der Waals surface area contributed by atoms with Gasteiger partial charge in [0.1, 0.15) is 5.82 Å². The maximum absolute atomic E-state index is 13.5. The summed E-state index contributed by atoms with van der Waals surface area (Å²) in [6.07, 6.45) is 6.20.